The van der Waals surface area contributed by atoms with Crippen molar-refractivity contribution < 1.29 is 4.79 Å². The molecule has 10 nitrogen and oxygen atoms in total. The fourth-order valence-corrected chi connectivity index (χ4v) is 4.12. The summed E-state index contributed by atoms with van der Waals surface area (Å²) in [7, 11) is 0. The summed E-state index contributed by atoms with van der Waals surface area (Å²) >= 11 is 0. The molecule has 0 radical (unpaired) electrons. The number of H-pyrrole nitrogens is 2. The highest BCUT2D eigenvalue weighted by molar-refractivity contribution is 5.97. The number of imidazole rings is 1. The van der Waals surface area contributed by atoms with Crippen LogP contribution in [0.5, 0.6) is 0 Å². The van der Waals surface area contributed by atoms with Crippen LogP contribution >= 0.6 is 0 Å². The van der Waals surface area contributed by atoms with Crippen molar-refractivity contribution in [2.75, 3.05) is 5.32 Å². The first-order chi connectivity index (χ1) is 17.7. The lowest BCUT2D eigenvalue weighted by Gasteiger charge is -2.06. The third-order valence-electron chi connectivity index (χ3n) is 5.82. The van der Waals surface area contributed by atoms with Gasteiger partial charge in [-0.25, -0.2) is 4.98 Å². The molecule has 6 heterocycles. The molecule has 3 N–H and O–H groups in total. The zero-order chi connectivity index (χ0) is 24.5. The lowest BCUT2D eigenvalue weighted by molar-refractivity contribution is -0.116. The van der Waals surface area contributed by atoms with Crippen molar-refractivity contribution in [2.45, 2.75) is 19.8 Å². The van der Waals surface area contributed by atoms with E-state index in [1.54, 1.807) is 37.2 Å². The van der Waals surface area contributed by atoms with E-state index < -0.39 is 0 Å². The Bertz CT molecular complexity index is 1710. The maximum atomic E-state index is 12.0. The van der Waals surface area contributed by atoms with Crippen LogP contribution in [0, 0.1) is 0 Å². The van der Waals surface area contributed by atoms with E-state index in [2.05, 4.69) is 40.4 Å². The van der Waals surface area contributed by atoms with E-state index in [1.807, 2.05) is 37.3 Å². The van der Waals surface area contributed by atoms with E-state index in [9.17, 15) is 4.79 Å². The van der Waals surface area contributed by atoms with E-state index in [-0.39, 0.29) is 5.91 Å². The molecule has 0 saturated heterocycles. The van der Waals surface area contributed by atoms with Crippen LogP contribution in [0.3, 0.4) is 0 Å². The fraction of sp³-hybridized carbons (Fsp3) is 0.115. The predicted octanol–water partition coefficient (Wildman–Crippen LogP) is 4.76. The third-order valence-corrected chi connectivity index (χ3v) is 5.82. The molecule has 36 heavy (non-hydrogen) atoms. The second kappa shape index (κ2) is 8.99. The molecule has 0 unspecified atom stereocenters. The number of amides is 1. The van der Waals surface area contributed by atoms with Gasteiger partial charge in [-0.3, -0.25) is 29.8 Å². The summed E-state index contributed by atoms with van der Waals surface area (Å²) in [6.07, 6.45) is 11.5. The average Bonchev–Trinajstić information content (AvgIpc) is 3.53. The third kappa shape index (κ3) is 3.94. The summed E-state index contributed by atoms with van der Waals surface area (Å²) in [6, 6.07) is 9.51. The van der Waals surface area contributed by atoms with E-state index >= 15 is 0 Å². The number of carbonyl (C=O) groups is 1. The molecule has 0 saturated carbocycles. The normalized spacial score (nSPS) is 11.2. The first kappa shape index (κ1) is 21.5. The Hall–Kier alpha value is -4.99. The van der Waals surface area contributed by atoms with Gasteiger partial charge in [-0.15, -0.1) is 0 Å². The maximum absolute atomic E-state index is 12.0. The molecule has 0 bridgehead atoms. The van der Waals surface area contributed by atoms with Crippen LogP contribution in [-0.2, 0) is 4.79 Å². The number of nitrogens with one attached hydrogen (secondary N) is 3. The molecular weight excluding hydrogens is 454 g/mol. The minimum atomic E-state index is -0.0394. The van der Waals surface area contributed by atoms with Gasteiger partial charge in [0, 0.05) is 47.7 Å². The zero-order valence-electron chi connectivity index (χ0n) is 19.4. The van der Waals surface area contributed by atoms with Crippen molar-refractivity contribution in [1.82, 2.24) is 40.1 Å². The Balaban J connectivity index is 1.40. The van der Waals surface area contributed by atoms with Crippen molar-refractivity contribution in [2.24, 2.45) is 0 Å². The Morgan fingerprint density at radius 3 is 2.67 bits per heavy atom. The highest BCUT2D eigenvalue weighted by Gasteiger charge is 2.17. The van der Waals surface area contributed by atoms with E-state index in [1.165, 1.54) is 0 Å². The molecule has 1 amide bonds. The quantitative estimate of drug-likeness (QED) is 0.316. The topological polar surface area (TPSA) is 138 Å². The number of anilines is 1. The molecule has 0 aliphatic carbocycles. The second-order valence-corrected chi connectivity index (χ2v) is 8.32. The van der Waals surface area contributed by atoms with Crippen LogP contribution in [0.1, 0.15) is 19.8 Å². The summed E-state index contributed by atoms with van der Waals surface area (Å²) in [5.74, 6) is 0.581. The van der Waals surface area contributed by atoms with Gasteiger partial charge in [-0.1, -0.05) is 6.92 Å². The number of hydrogen-bond acceptors (Lipinski definition) is 7. The van der Waals surface area contributed by atoms with Crippen LogP contribution < -0.4 is 5.32 Å². The Kier molecular flexibility index (Phi) is 5.38. The Labute approximate surface area is 205 Å². The predicted molar refractivity (Wildman–Crippen MR) is 137 cm³/mol. The number of pyridine rings is 4. The van der Waals surface area contributed by atoms with Gasteiger partial charge in [0.2, 0.25) is 5.91 Å². The van der Waals surface area contributed by atoms with Gasteiger partial charge in [-0.05, 0) is 36.8 Å². The standard InChI is InChI=1S/C26H21N9O/c1-2-3-22(36)31-17-10-16(12-28-13-17)20-11-18-21(14-30-20)34-35-24(18)26-32-19-6-9-29-23(25(19)33-26)15-4-7-27-8-5-15/h4-14H,2-3H2,1H3,(H,31,36)(H,32,33)(H,34,35). The molecule has 0 atom stereocenters. The number of aromatic nitrogens is 8. The van der Waals surface area contributed by atoms with Crippen molar-refractivity contribution >= 4 is 33.5 Å². The highest BCUT2D eigenvalue weighted by Crippen LogP contribution is 2.31. The smallest absolute Gasteiger partial charge is 0.224 e. The van der Waals surface area contributed by atoms with Gasteiger partial charge in [0.15, 0.2) is 5.82 Å². The monoisotopic (exact) mass is 475 g/mol. The molecule has 6 aromatic heterocycles. The summed E-state index contributed by atoms with van der Waals surface area (Å²) < 4.78 is 0. The zero-order valence-corrected chi connectivity index (χ0v) is 19.4. The minimum absolute atomic E-state index is 0.0394. The van der Waals surface area contributed by atoms with Gasteiger partial charge in [0.25, 0.3) is 0 Å². The lowest BCUT2D eigenvalue weighted by atomic mass is 10.1. The van der Waals surface area contributed by atoms with Gasteiger partial charge in [0.1, 0.15) is 11.2 Å². The van der Waals surface area contributed by atoms with Gasteiger partial charge in [0.05, 0.1) is 40.5 Å². The van der Waals surface area contributed by atoms with E-state index in [4.69, 9.17) is 4.98 Å². The second-order valence-electron chi connectivity index (χ2n) is 8.32. The molecule has 0 aliphatic heterocycles. The van der Waals surface area contributed by atoms with Gasteiger partial charge < -0.3 is 10.3 Å². The maximum Gasteiger partial charge on any atom is 0.224 e. The van der Waals surface area contributed by atoms with Gasteiger partial charge >= 0.3 is 0 Å². The molecule has 0 fully saturated rings. The van der Waals surface area contributed by atoms with Crippen LogP contribution in [0.25, 0.3) is 56.0 Å². The molecule has 6 rings (SSSR count). The number of nitrogens with zero attached hydrogens (tertiary/aromatic N) is 6. The fourth-order valence-electron chi connectivity index (χ4n) is 4.12. The summed E-state index contributed by atoms with van der Waals surface area (Å²) in [5.41, 5.74) is 6.90. The number of hydrogen-bond donors (Lipinski definition) is 3. The minimum Gasteiger partial charge on any atom is -0.336 e. The SMILES string of the molecule is CCCC(=O)Nc1cncc(-c2cc3c(-c4nc5c(-c6ccncc6)nccc5[nH]4)n[nH]c3cn2)c1. The highest BCUT2D eigenvalue weighted by atomic mass is 16.1. The molecule has 10 heteroatoms. The molecule has 6 aromatic rings. The molecule has 176 valence electrons. The lowest BCUT2D eigenvalue weighted by Crippen LogP contribution is -2.10. The van der Waals surface area contributed by atoms with Gasteiger partial charge in [-0.2, -0.15) is 5.10 Å². The first-order valence-corrected chi connectivity index (χ1v) is 11.5. The molecular formula is C26H21N9O. The van der Waals surface area contributed by atoms with Crippen molar-refractivity contribution in [3.8, 4) is 34.0 Å². The number of aromatic amines is 2. The number of fused-ring (bicyclic) bond motifs is 2. The van der Waals surface area contributed by atoms with Crippen molar-refractivity contribution in [1.29, 1.82) is 0 Å². The van der Waals surface area contributed by atoms with Crippen LogP contribution in [0.2, 0.25) is 0 Å². The molecule has 0 aliphatic rings. The van der Waals surface area contributed by atoms with Crippen molar-refractivity contribution in [3.63, 3.8) is 0 Å². The summed E-state index contributed by atoms with van der Waals surface area (Å²) in [4.78, 5) is 37.7. The molecule has 0 spiro atoms. The van der Waals surface area contributed by atoms with E-state index in [0.29, 0.717) is 29.3 Å². The van der Waals surface area contributed by atoms with Crippen LogP contribution in [-0.4, -0.2) is 46.0 Å². The first-order valence-electron chi connectivity index (χ1n) is 11.5. The van der Waals surface area contributed by atoms with Crippen LogP contribution in [0.15, 0.2) is 67.5 Å². The summed E-state index contributed by atoms with van der Waals surface area (Å²) in [5, 5.41) is 11.3. The Morgan fingerprint density at radius 2 is 1.81 bits per heavy atom. The summed E-state index contributed by atoms with van der Waals surface area (Å²) in [6.45, 7) is 1.97. The number of rotatable bonds is 6. The largest absolute Gasteiger partial charge is 0.336 e. The van der Waals surface area contributed by atoms with Crippen molar-refractivity contribution in [3.05, 3.63) is 67.5 Å². The number of carbonyl (C=O) groups excluding carboxylic acids is 1. The molecule has 0 aromatic carbocycles. The Morgan fingerprint density at radius 1 is 0.917 bits per heavy atom. The average molecular weight is 476 g/mol. The van der Waals surface area contributed by atoms with E-state index in [0.717, 1.165) is 45.2 Å². The van der Waals surface area contributed by atoms with Crippen LogP contribution in [0.4, 0.5) is 5.69 Å².